The molecular weight excluding hydrogens is 284 g/mol. The summed E-state index contributed by atoms with van der Waals surface area (Å²) in [6.45, 7) is 5.32. The molecule has 3 N–H and O–H groups in total. The normalized spacial score (nSPS) is 11.5. The van der Waals surface area contributed by atoms with Crippen LogP contribution in [0.1, 0.15) is 16.1 Å². The molecule has 0 atom stereocenters. The predicted octanol–water partition coefficient (Wildman–Crippen LogP) is 1.85. The van der Waals surface area contributed by atoms with Gasteiger partial charge in [0.2, 0.25) is 5.13 Å². The standard InChI is InChI=1S/C11H14N4O2S2/c1-6-4-9(12)5-10(7(6)2)19(16,17)15-11-14-13-8(3)18-11/h4-5H,12H2,1-3H3,(H,14,15). The summed E-state index contributed by atoms with van der Waals surface area (Å²) in [6.07, 6.45) is 0. The van der Waals surface area contributed by atoms with Crippen LogP contribution in [0.5, 0.6) is 0 Å². The molecule has 2 aromatic rings. The fraction of sp³-hybridized carbons (Fsp3) is 0.273. The Labute approximate surface area is 115 Å². The van der Waals surface area contributed by atoms with E-state index >= 15 is 0 Å². The third-order valence-electron chi connectivity index (χ3n) is 2.68. The van der Waals surface area contributed by atoms with Crippen LogP contribution in [0.4, 0.5) is 10.8 Å². The first-order valence-electron chi connectivity index (χ1n) is 5.49. The molecule has 19 heavy (non-hydrogen) atoms. The average Bonchev–Trinajstić information content (AvgIpc) is 2.68. The number of aromatic nitrogens is 2. The highest BCUT2D eigenvalue weighted by molar-refractivity contribution is 7.93. The van der Waals surface area contributed by atoms with Crippen molar-refractivity contribution in [2.45, 2.75) is 25.7 Å². The summed E-state index contributed by atoms with van der Waals surface area (Å²) in [5, 5.41) is 8.46. The Bertz CT molecular complexity index is 722. The highest BCUT2D eigenvalue weighted by Gasteiger charge is 2.20. The monoisotopic (exact) mass is 298 g/mol. The van der Waals surface area contributed by atoms with Gasteiger partial charge in [-0.25, -0.2) is 8.42 Å². The van der Waals surface area contributed by atoms with Crippen LogP contribution < -0.4 is 10.5 Å². The summed E-state index contributed by atoms with van der Waals surface area (Å²) >= 11 is 1.18. The molecule has 1 aromatic heterocycles. The minimum atomic E-state index is -3.70. The van der Waals surface area contributed by atoms with Gasteiger partial charge in [-0.3, -0.25) is 4.72 Å². The lowest BCUT2D eigenvalue weighted by atomic mass is 10.1. The van der Waals surface area contributed by atoms with Crippen LogP contribution in [0.25, 0.3) is 0 Å². The molecule has 0 aliphatic carbocycles. The maximum absolute atomic E-state index is 12.3. The first kappa shape index (κ1) is 13.8. The molecule has 1 heterocycles. The number of anilines is 2. The molecule has 0 saturated carbocycles. The van der Waals surface area contributed by atoms with Gasteiger partial charge in [-0.2, -0.15) is 0 Å². The quantitative estimate of drug-likeness (QED) is 0.843. The Morgan fingerprint density at radius 3 is 2.47 bits per heavy atom. The van der Waals surface area contributed by atoms with Crippen LogP contribution in [0.2, 0.25) is 0 Å². The third kappa shape index (κ3) is 2.85. The van der Waals surface area contributed by atoms with Gasteiger partial charge >= 0.3 is 0 Å². The maximum atomic E-state index is 12.3. The van der Waals surface area contributed by atoms with Crippen LogP contribution in [0.3, 0.4) is 0 Å². The molecule has 102 valence electrons. The lowest BCUT2D eigenvalue weighted by molar-refractivity contribution is 0.600. The van der Waals surface area contributed by atoms with E-state index in [0.29, 0.717) is 16.3 Å². The molecule has 1 aromatic carbocycles. The van der Waals surface area contributed by atoms with E-state index in [1.807, 2.05) is 6.92 Å². The van der Waals surface area contributed by atoms with Crippen molar-refractivity contribution in [3.05, 3.63) is 28.3 Å². The van der Waals surface area contributed by atoms with Crippen LogP contribution in [-0.4, -0.2) is 18.6 Å². The first-order valence-corrected chi connectivity index (χ1v) is 7.79. The molecule has 6 nitrogen and oxygen atoms in total. The summed E-state index contributed by atoms with van der Waals surface area (Å²) < 4.78 is 27.0. The Morgan fingerprint density at radius 2 is 1.89 bits per heavy atom. The fourth-order valence-electron chi connectivity index (χ4n) is 1.64. The topological polar surface area (TPSA) is 98.0 Å². The van der Waals surface area contributed by atoms with Crippen molar-refractivity contribution in [2.75, 3.05) is 10.5 Å². The summed E-state index contributed by atoms with van der Waals surface area (Å²) in [4.78, 5) is 0.165. The number of benzene rings is 1. The van der Waals surface area contributed by atoms with Crippen molar-refractivity contribution in [1.29, 1.82) is 0 Å². The minimum absolute atomic E-state index is 0.165. The highest BCUT2D eigenvalue weighted by atomic mass is 32.2. The molecule has 0 saturated heterocycles. The van der Waals surface area contributed by atoms with Crippen molar-refractivity contribution >= 4 is 32.2 Å². The minimum Gasteiger partial charge on any atom is -0.399 e. The molecule has 0 radical (unpaired) electrons. The van der Waals surface area contributed by atoms with Gasteiger partial charge in [0, 0.05) is 5.69 Å². The van der Waals surface area contributed by atoms with E-state index in [-0.39, 0.29) is 10.0 Å². The number of nitrogens with two attached hydrogens (primary N) is 1. The van der Waals surface area contributed by atoms with E-state index in [4.69, 9.17) is 5.73 Å². The molecule has 0 unspecified atom stereocenters. The zero-order valence-corrected chi connectivity index (χ0v) is 12.4. The zero-order valence-electron chi connectivity index (χ0n) is 10.8. The molecule has 0 aliphatic heterocycles. The number of hydrogen-bond donors (Lipinski definition) is 2. The van der Waals surface area contributed by atoms with Gasteiger partial charge in [0.05, 0.1) is 4.90 Å². The lowest BCUT2D eigenvalue weighted by Crippen LogP contribution is -2.15. The number of rotatable bonds is 3. The van der Waals surface area contributed by atoms with Crippen molar-refractivity contribution in [3.63, 3.8) is 0 Å². The van der Waals surface area contributed by atoms with Crippen molar-refractivity contribution in [2.24, 2.45) is 0 Å². The summed E-state index contributed by atoms with van der Waals surface area (Å²) in [6, 6.07) is 3.18. The van der Waals surface area contributed by atoms with Gasteiger partial charge in [0.25, 0.3) is 10.0 Å². The maximum Gasteiger partial charge on any atom is 0.264 e. The van der Waals surface area contributed by atoms with Gasteiger partial charge in [-0.05, 0) is 44.0 Å². The van der Waals surface area contributed by atoms with Crippen LogP contribution in [0, 0.1) is 20.8 Å². The number of nitrogens with zero attached hydrogens (tertiary/aromatic N) is 2. The molecule has 0 spiro atoms. The summed E-state index contributed by atoms with van der Waals surface area (Å²) in [5.74, 6) is 0. The third-order valence-corrected chi connectivity index (χ3v) is 5.03. The highest BCUT2D eigenvalue weighted by Crippen LogP contribution is 2.25. The van der Waals surface area contributed by atoms with Gasteiger partial charge in [-0.15, -0.1) is 10.2 Å². The molecule has 2 rings (SSSR count). The van der Waals surface area contributed by atoms with Crippen LogP contribution in [0.15, 0.2) is 17.0 Å². The predicted molar refractivity (Wildman–Crippen MR) is 75.8 cm³/mol. The number of nitrogens with one attached hydrogen (secondary N) is 1. The van der Waals surface area contributed by atoms with E-state index in [1.54, 1.807) is 19.9 Å². The smallest absolute Gasteiger partial charge is 0.264 e. The second kappa shape index (κ2) is 4.78. The van der Waals surface area contributed by atoms with Crippen LogP contribution >= 0.6 is 11.3 Å². The number of hydrogen-bond acceptors (Lipinski definition) is 6. The SMILES string of the molecule is Cc1nnc(NS(=O)(=O)c2cc(N)cc(C)c2C)s1. The van der Waals surface area contributed by atoms with E-state index in [1.165, 1.54) is 17.4 Å². The van der Waals surface area contributed by atoms with Gasteiger partial charge < -0.3 is 5.73 Å². The Morgan fingerprint density at radius 1 is 1.21 bits per heavy atom. The second-order valence-corrected chi connectivity index (χ2v) is 7.03. The number of sulfonamides is 1. The van der Waals surface area contributed by atoms with Gasteiger partial charge in [-0.1, -0.05) is 11.3 Å². The zero-order chi connectivity index (χ0) is 14.2. The van der Waals surface area contributed by atoms with E-state index in [2.05, 4.69) is 14.9 Å². The molecule has 0 amide bonds. The van der Waals surface area contributed by atoms with Crippen molar-refractivity contribution < 1.29 is 8.42 Å². The summed E-state index contributed by atoms with van der Waals surface area (Å²) in [5.41, 5.74) is 7.62. The second-order valence-electron chi connectivity index (χ2n) is 4.19. The van der Waals surface area contributed by atoms with Gasteiger partial charge in [0.1, 0.15) is 5.01 Å². The fourth-order valence-corrected chi connectivity index (χ4v) is 3.82. The molecule has 0 bridgehead atoms. The van der Waals surface area contributed by atoms with Crippen molar-refractivity contribution in [3.8, 4) is 0 Å². The Kier molecular flexibility index (Phi) is 3.46. The Hall–Kier alpha value is -1.67. The number of aryl methyl sites for hydroxylation is 2. The average molecular weight is 298 g/mol. The number of nitrogen functional groups attached to an aromatic ring is 1. The first-order chi connectivity index (χ1) is 8.79. The van der Waals surface area contributed by atoms with Crippen molar-refractivity contribution in [1.82, 2.24) is 10.2 Å². The van der Waals surface area contributed by atoms with Crippen LogP contribution in [-0.2, 0) is 10.0 Å². The van der Waals surface area contributed by atoms with E-state index in [9.17, 15) is 8.42 Å². The molecular formula is C11H14N4O2S2. The van der Waals surface area contributed by atoms with E-state index < -0.39 is 10.0 Å². The Balaban J connectivity index is 2.45. The molecule has 8 heteroatoms. The van der Waals surface area contributed by atoms with E-state index in [0.717, 1.165) is 5.56 Å². The molecule has 0 aliphatic rings. The largest absolute Gasteiger partial charge is 0.399 e. The van der Waals surface area contributed by atoms with Gasteiger partial charge in [0.15, 0.2) is 0 Å². The molecule has 0 fully saturated rings. The lowest BCUT2D eigenvalue weighted by Gasteiger charge is -2.11. The summed E-state index contributed by atoms with van der Waals surface area (Å²) in [7, 11) is -3.70.